The van der Waals surface area contributed by atoms with Crippen LogP contribution in [0.4, 0.5) is 0 Å². The van der Waals surface area contributed by atoms with Crippen LogP contribution < -0.4 is 10.6 Å². The van der Waals surface area contributed by atoms with Gasteiger partial charge in [-0.15, -0.1) is 0 Å². The highest BCUT2D eigenvalue weighted by Crippen LogP contribution is 2.35. The van der Waals surface area contributed by atoms with E-state index in [1.54, 1.807) is 13.0 Å². The van der Waals surface area contributed by atoms with E-state index >= 15 is 0 Å². The van der Waals surface area contributed by atoms with Crippen molar-refractivity contribution < 1.29 is 28.7 Å². The zero-order valence-corrected chi connectivity index (χ0v) is 23.2. The Morgan fingerprint density at radius 1 is 1.13 bits per heavy atom. The maximum atomic E-state index is 13.5. The van der Waals surface area contributed by atoms with Crippen molar-refractivity contribution in [1.82, 2.24) is 15.5 Å². The van der Waals surface area contributed by atoms with Gasteiger partial charge in [0.1, 0.15) is 18.1 Å². The van der Waals surface area contributed by atoms with Crippen LogP contribution >= 0.6 is 0 Å². The Morgan fingerprint density at radius 3 is 2.56 bits per heavy atom. The third kappa shape index (κ3) is 6.84. The van der Waals surface area contributed by atoms with Gasteiger partial charge in [-0.25, -0.2) is 0 Å². The molecule has 2 aliphatic rings. The minimum atomic E-state index is -0.920. The quantitative estimate of drug-likeness (QED) is 0.503. The lowest BCUT2D eigenvalue weighted by molar-refractivity contribution is -0.168. The predicted octanol–water partition coefficient (Wildman–Crippen LogP) is 3.02. The summed E-state index contributed by atoms with van der Waals surface area (Å²) < 4.78 is 11.1. The van der Waals surface area contributed by atoms with Crippen LogP contribution in [-0.2, 0) is 30.5 Å². The molecule has 4 rings (SSSR count). The van der Waals surface area contributed by atoms with Crippen molar-refractivity contribution in [3.05, 3.63) is 70.8 Å². The van der Waals surface area contributed by atoms with Gasteiger partial charge in [-0.3, -0.25) is 19.2 Å². The number of hydrogen-bond donors (Lipinski definition) is 2. The number of aryl methyl sites for hydroxylation is 2. The molecule has 208 valence electrons. The summed E-state index contributed by atoms with van der Waals surface area (Å²) in [5, 5.41) is 5.69. The van der Waals surface area contributed by atoms with Crippen molar-refractivity contribution in [1.29, 1.82) is 0 Å². The molecule has 9 heteroatoms. The predicted molar refractivity (Wildman–Crippen MR) is 144 cm³/mol. The number of nitrogens with one attached hydrogen (secondary N) is 2. The van der Waals surface area contributed by atoms with E-state index in [-0.39, 0.29) is 36.2 Å². The minimum absolute atomic E-state index is 0.0163. The Balaban J connectivity index is 1.42. The summed E-state index contributed by atoms with van der Waals surface area (Å²) in [7, 11) is 0. The van der Waals surface area contributed by atoms with Gasteiger partial charge in [-0.2, -0.15) is 0 Å². The fourth-order valence-electron chi connectivity index (χ4n) is 5.14. The zero-order valence-electron chi connectivity index (χ0n) is 23.2. The van der Waals surface area contributed by atoms with Crippen LogP contribution in [0.15, 0.2) is 48.5 Å². The van der Waals surface area contributed by atoms with E-state index in [2.05, 4.69) is 10.6 Å². The third-order valence-electron chi connectivity index (χ3n) is 7.21. The number of rotatable bonds is 8. The number of amides is 3. The molecule has 2 fully saturated rings. The first kappa shape index (κ1) is 28.3. The molecule has 39 heavy (non-hydrogen) atoms. The Labute approximate surface area is 229 Å². The van der Waals surface area contributed by atoms with Crippen LogP contribution in [0.1, 0.15) is 60.7 Å². The molecule has 0 aliphatic carbocycles. The molecule has 2 saturated heterocycles. The largest absolute Gasteiger partial charge is 0.433 e. The van der Waals surface area contributed by atoms with Gasteiger partial charge >= 0.3 is 5.97 Å². The number of cyclic esters (lactones) is 1. The number of likely N-dealkylation sites (tertiary alicyclic amines) is 1. The summed E-state index contributed by atoms with van der Waals surface area (Å²) in [6.07, 6.45) is -0.493. The smallest absolute Gasteiger partial charge is 0.310 e. The van der Waals surface area contributed by atoms with Crippen molar-refractivity contribution in [3.63, 3.8) is 0 Å². The van der Waals surface area contributed by atoms with Crippen molar-refractivity contribution in [2.45, 2.75) is 78.5 Å². The van der Waals surface area contributed by atoms with E-state index in [9.17, 15) is 19.2 Å². The highest BCUT2D eigenvalue weighted by atomic mass is 16.7. The summed E-state index contributed by atoms with van der Waals surface area (Å²) in [6.45, 7) is 9.95. The molecule has 4 atom stereocenters. The lowest BCUT2D eigenvalue weighted by Gasteiger charge is -2.29. The number of ether oxygens (including phenoxy) is 2. The molecule has 0 bridgehead atoms. The highest BCUT2D eigenvalue weighted by Gasteiger charge is 2.46. The third-order valence-corrected chi connectivity index (χ3v) is 7.21. The van der Waals surface area contributed by atoms with Crippen LogP contribution in [-0.4, -0.2) is 59.6 Å². The van der Waals surface area contributed by atoms with Gasteiger partial charge < -0.3 is 25.0 Å². The number of hydrogen-bond acceptors (Lipinski definition) is 6. The molecule has 0 spiro atoms. The summed E-state index contributed by atoms with van der Waals surface area (Å²) >= 11 is 0. The molecule has 0 radical (unpaired) electrons. The Kier molecular flexibility index (Phi) is 8.39. The number of benzene rings is 2. The van der Waals surface area contributed by atoms with Gasteiger partial charge in [0.05, 0.1) is 13.0 Å². The first-order chi connectivity index (χ1) is 18.4. The SMILES string of the molecule is Cc1ccc(C)c(C(=O)N[C@@H](C)C(=O)N2CC(C)(C)CC2C(=O)N[C@H]2CC(=O)OC2OCc2ccccc2)c1. The molecule has 2 heterocycles. The second-order valence-corrected chi connectivity index (χ2v) is 11.3. The number of esters is 1. The normalized spacial score (nSPS) is 22.7. The van der Waals surface area contributed by atoms with E-state index in [0.717, 1.165) is 16.7 Å². The van der Waals surface area contributed by atoms with Crippen molar-refractivity contribution >= 4 is 23.7 Å². The highest BCUT2D eigenvalue weighted by molar-refractivity contribution is 5.99. The second kappa shape index (κ2) is 11.6. The van der Waals surface area contributed by atoms with Gasteiger partial charge in [0.25, 0.3) is 5.91 Å². The van der Waals surface area contributed by atoms with Gasteiger partial charge in [-0.05, 0) is 49.8 Å². The first-order valence-corrected chi connectivity index (χ1v) is 13.3. The van der Waals surface area contributed by atoms with Crippen LogP contribution in [0, 0.1) is 19.3 Å². The molecule has 2 unspecified atom stereocenters. The monoisotopic (exact) mass is 535 g/mol. The van der Waals surface area contributed by atoms with Crippen LogP contribution in [0.3, 0.4) is 0 Å². The van der Waals surface area contributed by atoms with Crippen molar-refractivity contribution in [3.8, 4) is 0 Å². The molecule has 2 aromatic rings. The maximum Gasteiger partial charge on any atom is 0.310 e. The summed E-state index contributed by atoms with van der Waals surface area (Å²) in [6, 6.07) is 12.8. The Bertz CT molecular complexity index is 1240. The minimum Gasteiger partial charge on any atom is -0.433 e. The number of carbonyl (C=O) groups excluding carboxylic acids is 4. The van der Waals surface area contributed by atoms with Crippen molar-refractivity contribution in [2.24, 2.45) is 5.41 Å². The van der Waals surface area contributed by atoms with Gasteiger partial charge in [-0.1, -0.05) is 61.9 Å². The van der Waals surface area contributed by atoms with Gasteiger partial charge in [0.2, 0.25) is 18.1 Å². The Morgan fingerprint density at radius 2 is 1.85 bits per heavy atom. The topological polar surface area (TPSA) is 114 Å². The lowest BCUT2D eigenvalue weighted by Crippen LogP contribution is -2.54. The first-order valence-electron chi connectivity index (χ1n) is 13.3. The zero-order chi connectivity index (χ0) is 28.3. The second-order valence-electron chi connectivity index (χ2n) is 11.3. The summed E-state index contributed by atoms with van der Waals surface area (Å²) in [4.78, 5) is 53.5. The molecule has 9 nitrogen and oxygen atoms in total. The molecular formula is C30H37N3O6. The fraction of sp³-hybridized carbons (Fsp3) is 0.467. The van der Waals surface area contributed by atoms with Crippen LogP contribution in [0.2, 0.25) is 0 Å². The maximum absolute atomic E-state index is 13.5. The molecule has 0 saturated carbocycles. The van der Waals surface area contributed by atoms with E-state index in [1.807, 2.05) is 70.2 Å². The van der Waals surface area contributed by atoms with Crippen LogP contribution in [0.5, 0.6) is 0 Å². The molecule has 2 aliphatic heterocycles. The fourth-order valence-corrected chi connectivity index (χ4v) is 5.14. The van der Waals surface area contributed by atoms with E-state index in [1.165, 1.54) is 4.90 Å². The van der Waals surface area contributed by atoms with E-state index in [0.29, 0.717) is 18.5 Å². The molecule has 0 aromatic heterocycles. The van der Waals surface area contributed by atoms with E-state index < -0.39 is 30.4 Å². The molecule has 2 N–H and O–H groups in total. The average Bonchev–Trinajstić information content (AvgIpc) is 3.41. The number of carbonyl (C=O) groups is 4. The molecular weight excluding hydrogens is 498 g/mol. The summed E-state index contributed by atoms with van der Waals surface area (Å²) in [5.41, 5.74) is 2.88. The standard InChI is InChI=1S/C30H37N3O6/c1-18-11-12-19(2)22(13-18)26(35)31-20(3)28(37)33-17-30(4,5)15-24(33)27(36)32-23-14-25(34)39-29(23)38-16-21-9-7-6-8-10-21/h6-13,20,23-24,29H,14-17H2,1-5H3,(H,31,35)(H,32,36)/t20-,23-,24?,29?/m0/s1. The van der Waals surface area contributed by atoms with Gasteiger partial charge in [0.15, 0.2) is 0 Å². The van der Waals surface area contributed by atoms with E-state index in [4.69, 9.17) is 9.47 Å². The molecule has 2 aromatic carbocycles. The average molecular weight is 536 g/mol. The lowest BCUT2D eigenvalue weighted by atomic mass is 9.90. The molecule has 3 amide bonds. The summed E-state index contributed by atoms with van der Waals surface area (Å²) in [5.74, 6) is -1.51. The van der Waals surface area contributed by atoms with Gasteiger partial charge in [0, 0.05) is 12.1 Å². The Hall–Kier alpha value is -3.72. The van der Waals surface area contributed by atoms with Crippen molar-refractivity contribution in [2.75, 3.05) is 6.54 Å². The number of nitrogens with zero attached hydrogens (tertiary/aromatic N) is 1. The van der Waals surface area contributed by atoms with Crippen LogP contribution in [0.25, 0.3) is 0 Å².